The van der Waals surface area contributed by atoms with Crippen molar-refractivity contribution in [2.24, 2.45) is 10.4 Å². The van der Waals surface area contributed by atoms with Gasteiger partial charge in [0, 0.05) is 11.1 Å². The lowest BCUT2D eigenvalue weighted by atomic mass is 9.90. The van der Waals surface area contributed by atoms with E-state index >= 15 is 0 Å². The van der Waals surface area contributed by atoms with Crippen molar-refractivity contribution in [3.05, 3.63) is 11.2 Å². The molecule has 0 saturated carbocycles. The maximum absolute atomic E-state index is 5.67. The fourth-order valence-electron chi connectivity index (χ4n) is 0.739. The summed E-state index contributed by atoms with van der Waals surface area (Å²) in [6.07, 6.45) is 1.96. The summed E-state index contributed by atoms with van der Waals surface area (Å²) in [5.74, 6) is 0. The van der Waals surface area contributed by atoms with E-state index in [4.69, 9.17) is 11.6 Å². The number of aliphatic imine (C=N–C) groups is 1. The van der Waals surface area contributed by atoms with Gasteiger partial charge in [-0.1, -0.05) is 25.4 Å². The molecule has 0 spiro atoms. The zero-order valence-electron chi connectivity index (χ0n) is 5.90. The molecule has 0 radical (unpaired) electrons. The van der Waals surface area contributed by atoms with Crippen LogP contribution in [-0.4, -0.2) is 5.71 Å². The second kappa shape index (κ2) is 1.84. The van der Waals surface area contributed by atoms with E-state index in [0.717, 1.165) is 5.71 Å². The first-order chi connectivity index (χ1) is 4.02. The summed E-state index contributed by atoms with van der Waals surface area (Å²) in [5.41, 5.74) is 1.17. The van der Waals surface area contributed by atoms with Gasteiger partial charge in [0.05, 0.1) is 0 Å². The van der Waals surface area contributed by atoms with Crippen LogP contribution < -0.4 is 0 Å². The monoisotopic (exact) mass is 143 g/mol. The van der Waals surface area contributed by atoms with Crippen LogP contribution in [0.3, 0.4) is 0 Å². The van der Waals surface area contributed by atoms with Gasteiger partial charge in [0.25, 0.3) is 0 Å². The first kappa shape index (κ1) is 6.81. The first-order valence-electron chi connectivity index (χ1n) is 2.96. The SMILES string of the molecule is CC1=NC(Cl)=CC1(C)C. The molecule has 0 aromatic heterocycles. The Morgan fingerprint density at radius 2 is 2.11 bits per heavy atom. The van der Waals surface area contributed by atoms with Crippen molar-refractivity contribution in [2.75, 3.05) is 0 Å². The number of hydrogen-bond donors (Lipinski definition) is 0. The third-order valence-electron chi connectivity index (χ3n) is 1.69. The molecule has 1 aliphatic rings. The fourth-order valence-corrected chi connectivity index (χ4v) is 1.14. The zero-order chi connectivity index (χ0) is 7.07. The minimum Gasteiger partial charge on any atom is -0.245 e. The van der Waals surface area contributed by atoms with E-state index in [-0.39, 0.29) is 5.41 Å². The van der Waals surface area contributed by atoms with Gasteiger partial charge in [-0.15, -0.1) is 0 Å². The predicted molar refractivity (Wildman–Crippen MR) is 40.8 cm³/mol. The summed E-state index contributed by atoms with van der Waals surface area (Å²) in [7, 11) is 0. The summed E-state index contributed by atoms with van der Waals surface area (Å²) in [6.45, 7) is 6.19. The lowest BCUT2D eigenvalue weighted by Crippen LogP contribution is -2.14. The van der Waals surface area contributed by atoms with Gasteiger partial charge in [-0.2, -0.15) is 0 Å². The molecule has 0 aliphatic carbocycles. The average Bonchev–Trinajstić information content (AvgIpc) is 1.79. The van der Waals surface area contributed by atoms with Gasteiger partial charge >= 0.3 is 0 Å². The molecule has 0 aromatic rings. The highest BCUT2D eigenvalue weighted by molar-refractivity contribution is 6.31. The highest BCUT2D eigenvalue weighted by atomic mass is 35.5. The maximum Gasteiger partial charge on any atom is 0.125 e. The quantitative estimate of drug-likeness (QED) is 0.463. The molecule has 0 unspecified atom stereocenters. The van der Waals surface area contributed by atoms with Crippen LogP contribution in [0.1, 0.15) is 20.8 Å². The molecular formula is C7H10ClN. The lowest BCUT2D eigenvalue weighted by Gasteiger charge is -2.13. The van der Waals surface area contributed by atoms with E-state index in [1.165, 1.54) is 0 Å². The van der Waals surface area contributed by atoms with Crippen molar-refractivity contribution in [2.45, 2.75) is 20.8 Å². The van der Waals surface area contributed by atoms with Crippen molar-refractivity contribution in [1.82, 2.24) is 0 Å². The van der Waals surface area contributed by atoms with E-state index in [1.807, 2.05) is 13.0 Å². The van der Waals surface area contributed by atoms with Gasteiger partial charge in [0.15, 0.2) is 0 Å². The van der Waals surface area contributed by atoms with Crippen molar-refractivity contribution in [3.63, 3.8) is 0 Å². The molecular weight excluding hydrogens is 134 g/mol. The minimum absolute atomic E-state index is 0.0804. The van der Waals surface area contributed by atoms with Crippen LogP contribution in [0.15, 0.2) is 16.2 Å². The Hall–Kier alpha value is -0.300. The predicted octanol–water partition coefficient (Wildman–Crippen LogP) is 2.57. The Morgan fingerprint density at radius 3 is 2.22 bits per heavy atom. The normalized spacial score (nSPS) is 23.6. The molecule has 2 heteroatoms. The van der Waals surface area contributed by atoms with Gasteiger partial charge < -0.3 is 0 Å². The highest BCUT2D eigenvalue weighted by Gasteiger charge is 2.23. The van der Waals surface area contributed by atoms with Crippen LogP contribution in [0.4, 0.5) is 0 Å². The van der Waals surface area contributed by atoms with Crippen LogP contribution >= 0.6 is 11.6 Å². The van der Waals surface area contributed by atoms with Gasteiger partial charge in [0.1, 0.15) is 5.16 Å². The highest BCUT2D eigenvalue weighted by Crippen LogP contribution is 2.29. The Balaban J connectivity index is 2.96. The standard InChI is InChI=1S/C7H10ClN/c1-5-7(2,3)4-6(8)9-5/h4H,1-3H3. The molecule has 0 bridgehead atoms. The third-order valence-corrected chi connectivity index (χ3v) is 1.88. The molecule has 0 fully saturated rings. The summed E-state index contributed by atoms with van der Waals surface area (Å²) in [5, 5.41) is 0.623. The first-order valence-corrected chi connectivity index (χ1v) is 3.34. The number of hydrogen-bond acceptors (Lipinski definition) is 1. The second-order valence-electron chi connectivity index (χ2n) is 2.89. The van der Waals surface area contributed by atoms with Crippen molar-refractivity contribution < 1.29 is 0 Å². The largest absolute Gasteiger partial charge is 0.245 e. The van der Waals surface area contributed by atoms with Crippen molar-refractivity contribution in [3.8, 4) is 0 Å². The average molecular weight is 144 g/mol. The van der Waals surface area contributed by atoms with E-state index < -0.39 is 0 Å². The van der Waals surface area contributed by atoms with Crippen LogP contribution in [0, 0.1) is 5.41 Å². The smallest absolute Gasteiger partial charge is 0.125 e. The minimum atomic E-state index is 0.0804. The molecule has 9 heavy (non-hydrogen) atoms. The number of allylic oxidation sites excluding steroid dienone is 1. The van der Waals surface area contributed by atoms with E-state index in [0.29, 0.717) is 5.16 Å². The zero-order valence-corrected chi connectivity index (χ0v) is 6.66. The molecule has 1 heterocycles. The van der Waals surface area contributed by atoms with E-state index in [2.05, 4.69) is 18.8 Å². The fraction of sp³-hybridized carbons (Fsp3) is 0.571. The molecule has 0 saturated heterocycles. The molecule has 1 aliphatic heterocycles. The van der Waals surface area contributed by atoms with Crippen LogP contribution in [-0.2, 0) is 0 Å². The van der Waals surface area contributed by atoms with Gasteiger partial charge in [-0.25, -0.2) is 4.99 Å². The maximum atomic E-state index is 5.67. The molecule has 0 atom stereocenters. The Bertz CT molecular complexity index is 189. The van der Waals surface area contributed by atoms with Crippen LogP contribution in [0.25, 0.3) is 0 Å². The molecule has 1 rings (SSSR count). The second-order valence-corrected chi connectivity index (χ2v) is 3.27. The van der Waals surface area contributed by atoms with Crippen molar-refractivity contribution in [1.29, 1.82) is 0 Å². The van der Waals surface area contributed by atoms with Crippen LogP contribution in [0.5, 0.6) is 0 Å². The summed E-state index contributed by atoms with van der Waals surface area (Å²) >= 11 is 5.67. The van der Waals surface area contributed by atoms with Crippen molar-refractivity contribution >= 4 is 17.3 Å². The lowest BCUT2D eigenvalue weighted by molar-refractivity contribution is 0.685. The van der Waals surface area contributed by atoms with Crippen LogP contribution in [0.2, 0.25) is 0 Å². The summed E-state index contributed by atoms with van der Waals surface area (Å²) in [6, 6.07) is 0. The number of nitrogens with zero attached hydrogens (tertiary/aromatic N) is 1. The molecule has 50 valence electrons. The number of rotatable bonds is 0. The molecule has 0 aromatic carbocycles. The molecule has 0 amide bonds. The Morgan fingerprint density at radius 1 is 1.56 bits per heavy atom. The van der Waals surface area contributed by atoms with Gasteiger partial charge in [-0.05, 0) is 13.0 Å². The summed E-state index contributed by atoms with van der Waals surface area (Å²) < 4.78 is 0. The molecule has 0 N–H and O–H groups in total. The number of halogens is 1. The van der Waals surface area contributed by atoms with E-state index in [1.54, 1.807) is 0 Å². The molecule has 1 nitrogen and oxygen atoms in total. The van der Waals surface area contributed by atoms with Gasteiger partial charge in [-0.3, -0.25) is 0 Å². The van der Waals surface area contributed by atoms with Gasteiger partial charge in [0.2, 0.25) is 0 Å². The Labute approximate surface area is 60.4 Å². The third kappa shape index (κ3) is 1.16. The summed E-state index contributed by atoms with van der Waals surface area (Å²) in [4.78, 5) is 4.08. The van der Waals surface area contributed by atoms with E-state index in [9.17, 15) is 0 Å². The Kier molecular flexibility index (Phi) is 1.39. The topological polar surface area (TPSA) is 12.4 Å².